The molecular weight excluding hydrogens is 262 g/mol. The first-order valence-electron chi connectivity index (χ1n) is 6.70. The molecule has 0 unspecified atom stereocenters. The molecule has 102 valence electrons. The predicted molar refractivity (Wildman–Crippen MR) is 83.4 cm³/mol. The molecule has 0 bridgehead atoms. The fourth-order valence-corrected chi connectivity index (χ4v) is 2.58. The lowest BCUT2D eigenvalue weighted by Gasteiger charge is -2.33. The Bertz CT molecular complexity index is 802. The van der Waals surface area contributed by atoms with Crippen molar-refractivity contribution in [1.82, 2.24) is 4.98 Å². The van der Waals surface area contributed by atoms with Crippen LogP contribution in [0.5, 0.6) is 11.5 Å². The zero-order chi connectivity index (χ0) is 14.2. The summed E-state index contributed by atoms with van der Waals surface area (Å²) >= 11 is 0. The van der Waals surface area contributed by atoms with Crippen LogP contribution >= 0.6 is 0 Å². The van der Waals surface area contributed by atoms with E-state index < -0.39 is 0 Å². The summed E-state index contributed by atoms with van der Waals surface area (Å²) < 4.78 is 5.93. The van der Waals surface area contributed by atoms with Crippen molar-refractivity contribution in [2.45, 2.75) is 0 Å². The zero-order valence-corrected chi connectivity index (χ0v) is 11.2. The van der Waals surface area contributed by atoms with Gasteiger partial charge in [-0.3, -0.25) is 4.98 Å². The molecule has 0 amide bonds. The number of pyridine rings is 1. The van der Waals surface area contributed by atoms with Crippen LogP contribution in [-0.4, -0.2) is 4.98 Å². The first-order valence-corrected chi connectivity index (χ1v) is 6.70. The van der Waals surface area contributed by atoms with E-state index in [0.717, 1.165) is 28.6 Å². The van der Waals surface area contributed by atoms with Crippen molar-refractivity contribution in [2.24, 2.45) is 0 Å². The molecule has 2 N–H and O–H groups in total. The van der Waals surface area contributed by atoms with Crippen LogP contribution in [0.4, 0.5) is 22.7 Å². The van der Waals surface area contributed by atoms with Crippen LogP contribution in [0.15, 0.2) is 67.0 Å². The molecule has 21 heavy (non-hydrogen) atoms. The minimum atomic E-state index is 0.679. The Labute approximate surface area is 122 Å². The normalized spacial score (nSPS) is 12.3. The first kappa shape index (κ1) is 11.8. The van der Waals surface area contributed by atoms with Crippen LogP contribution in [0, 0.1) is 0 Å². The number of nitrogens with two attached hydrogens (primary N) is 1. The number of hydrogen-bond acceptors (Lipinski definition) is 4. The summed E-state index contributed by atoms with van der Waals surface area (Å²) in [5.74, 6) is 1.46. The number of ether oxygens (including phenoxy) is 1. The van der Waals surface area contributed by atoms with Crippen molar-refractivity contribution in [3.63, 3.8) is 0 Å². The van der Waals surface area contributed by atoms with E-state index in [4.69, 9.17) is 10.5 Å². The molecule has 1 aromatic heterocycles. The lowest BCUT2D eigenvalue weighted by atomic mass is 10.1. The maximum Gasteiger partial charge on any atom is 0.169 e. The summed E-state index contributed by atoms with van der Waals surface area (Å²) in [6.07, 6.45) is 3.47. The molecule has 1 aliphatic heterocycles. The number of nitrogens with zero attached hydrogens (tertiary/aromatic N) is 2. The molecule has 1 aliphatic rings. The van der Waals surface area contributed by atoms with Crippen LogP contribution in [0.25, 0.3) is 0 Å². The molecule has 4 nitrogen and oxygen atoms in total. The summed E-state index contributed by atoms with van der Waals surface area (Å²) in [6, 6.07) is 17.7. The molecule has 0 atom stereocenters. The minimum Gasteiger partial charge on any atom is -0.451 e. The second-order valence-electron chi connectivity index (χ2n) is 4.81. The molecule has 0 saturated carbocycles. The summed E-state index contributed by atoms with van der Waals surface area (Å²) in [5.41, 5.74) is 9.70. The maximum absolute atomic E-state index is 6.19. The van der Waals surface area contributed by atoms with Gasteiger partial charge in [-0.1, -0.05) is 24.3 Å². The SMILES string of the molecule is Nc1cccc2c1N(c1ccccc1)c1ccncc1O2. The zero-order valence-electron chi connectivity index (χ0n) is 11.2. The highest BCUT2D eigenvalue weighted by molar-refractivity contribution is 5.91. The molecule has 0 radical (unpaired) electrons. The predicted octanol–water partition coefficient (Wildman–Crippen LogP) is 4.24. The number of fused-ring (bicyclic) bond motifs is 2. The molecule has 2 heterocycles. The third kappa shape index (κ3) is 1.80. The molecule has 0 fully saturated rings. The van der Waals surface area contributed by atoms with E-state index in [-0.39, 0.29) is 0 Å². The molecular formula is C17H13N3O. The van der Waals surface area contributed by atoms with Gasteiger partial charge in [0, 0.05) is 11.9 Å². The minimum absolute atomic E-state index is 0.679. The van der Waals surface area contributed by atoms with Gasteiger partial charge in [0.1, 0.15) is 5.69 Å². The van der Waals surface area contributed by atoms with E-state index in [9.17, 15) is 0 Å². The Morgan fingerprint density at radius 2 is 1.76 bits per heavy atom. The molecule has 4 rings (SSSR count). The Morgan fingerprint density at radius 1 is 0.905 bits per heavy atom. The van der Waals surface area contributed by atoms with Crippen molar-refractivity contribution in [3.05, 3.63) is 67.0 Å². The molecule has 0 saturated heterocycles. The number of aromatic nitrogens is 1. The van der Waals surface area contributed by atoms with E-state index in [1.54, 1.807) is 12.4 Å². The van der Waals surface area contributed by atoms with E-state index in [0.29, 0.717) is 5.69 Å². The number of benzene rings is 2. The van der Waals surface area contributed by atoms with Gasteiger partial charge in [-0.05, 0) is 30.3 Å². The Kier molecular flexibility index (Phi) is 2.54. The highest BCUT2D eigenvalue weighted by Gasteiger charge is 2.27. The van der Waals surface area contributed by atoms with Crippen LogP contribution < -0.4 is 15.4 Å². The van der Waals surface area contributed by atoms with Crippen LogP contribution in [0.1, 0.15) is 0 Å². The summed E-state index contributed by atoms with van der Waals surface area (Å²) in [5, 5.41) is 0. The van der Waals surface area contributed by atoms with Crippen molar-refractivity contribution in [3.8, 4) is 11.5 Å². The third-order valence-corrected chi connectivity index (χ3v) is 3.49. The average molecular weight is 275 g/mol. The van der Waals surface area contributed by atoms with E-state index in [1.165, 1.54) is 0 Å². The van der Waals surface area contributed by atoms with Crippen LogP contribution in [-0.2, 0) is 0 Å². The van der Waals surface area contributed by atoms with Gasteiger partial charge in [0.15, 0.2) is 11.5 Å². The van der Waals surface area contributed by atoms with E-state index >= 15 is 0 Å². The Morgan fingerprint density at radius 3 is 2.62 bits per heavy atom. The van der Waals surface area contributed by atoms with Gasteiger partial charge < -0.3 is 15.4 Å². The number of para-hydroxylation sites is 2. The fraction of sp³-hybridized carbons (Fsp3) is 0. The molecule has 0 aliphatic carbocycles. The largest absolute Gasteiger partial charge is 0.451 e. The van der Waals surface area contributed by atoms with Gasteiger partial charge in [0.25, 0.3) is 0 Å². The molecule has 2 aromatic carbocycles. The first-order chi connectivity index (χ1) is 10.3. The van der Waals surface area contributed by atoms with Crippen molar-refractivity contribution >= 4 is 22.7 Å². The highest BCUT2D eigenvalue weighted by atomic mass is 16.5. The van der Waals surface area contributed by atoms with Crippen molar-refractivity contribution in [1.29, 1.82) is 0 Å². The summed E-state index contributed by atoms with van der Waals surface area (Å²) in [6.45, 7) is 0. The van der Waals surface area contributed by atoms with E-state index in [1.807, 2.05) is 54.6 Å². The molecule has 4 heteroatoms. The number of rotatable bonds is 1. The topological polar surface area (TPSA) is 51.4 Å². The quantitative estimate of drug-likeness (QED) is 0.528. The van der Waals surface area contributed by atoms with Crippen LogP contribution in [0.3, 0.4) is 0 Å². The Balaban J connectivity index is 2.01. The summed E-state index contributed by atoms with van der Waals surface area (Å²) in [7, 11) is 0. The second-order valence-corrected chi connectivity index (χ2v) is 4.81. The van der Waals surface area contributed by atoms with Gasteiger partial charge in [-0.15, -0.1) is 0 Å². The number of anilines is 4. The second kappa shape index (κ2) is 4.52. The van der Waals surface area contributed by atoms with Gasteiger partial charge in [-0.2, -0.15) is 0 Å². The van der Waals surface area contributed by atoms with Crippen molar-refractivity contribution in [2.75, 3.05) is 10.6 Å². The standard InChI is InChI=1S/C17H13N3O/c18-13-7-4-8-15-17(13)20(12-5-2-1-3-6-12)14-9-10-19-11-16(14)21-15/h1-11H,18H2. The smallest absolute Gasteiger partial charge is 0.169 e. The van der Waals surface area contributed by atoms with Gasteiger partial charge >= 0.3 is 0 Å². The summed E-state index contributed by atoms with van der Waals surface area (Å²) in [4.78, 5) is 6.24. The van der Waals surface area contributed by atoms with E-state index in [2.05, 4.69) is 9.88 Å². The van der Waals surface area contributed by atoms with Gasteiger partial charge in [0.2, 0.25) is 0 Å². The fourth-order valence-electron chi connectivity index (χ4n) is 2.58. The molecule has 3 aromatic rings. The number of hydrogen-bond donors (Lipinski definition) is 1. The highest BCUT2D eigenvalue weighted by Crippen LogP contribution is 2.51. The average Bonchev–Trinajstić information content (AvgIpc) is 2.54. The van der Waals surface area contributed by atoms with Crippen molar-refractivity contribution < 1.29 is 4.74 Å². The Hall–Kier alpha value is -3.01. The lowest BCUT2D eigenvalue weighted by molar-refractivity contribution is 0.475. The monoisotopic (exact) mass is 275 g/mol. The number of nitrogen functional groups attached to an aromatic ring is 1. The lowest BCUT2D eigenvalue weighted by Crippen LogP contribution is -2.17. The van der Waals surface area contributed by atoms with Gasteiger partial charge in [0.05, 0.1) is 17.6 Å². The maximum atomic E-state index is 6.19. The van der Waals surface area contributed by atoms with Gasteiger partial charge in [-0.25, -0.2) is 0 Å². The molecule has 0 spiro atoms. The van der Waals surface area contributed by atoms with Crippen LogP contribution in [0.2, 0.25) is 0 Å². The third-order valence-electron chi connectivity index (χ3n) is 3.49.